The first-order valence-electron chi connectivity index (χ1n) is 9.48. The van der Waals surface area contributed by atoms with Crippen LogP contribution in [-0.2, 0) is 6.61 Å². The van der Waals surface area contributed by atoms with Crippen molar-refractivity contribution in [2.45, 2.75) is 6.61 Å². The number of nitrogens with zero attached hydrogens (tertiary/aromatic N) is 2. The molecule has 7 heteroatoms. The van der Waals surface area contributed by atoms with Gasteiger partial charge in [0.2, 0.25) is 0 Å². The molecule has 3 aromatic rings. The fourth-order valence-electron chi connectivity index (χ4n) is 3.16. The number of likely N-dealkylation sites (N-methyl/N-ethyl adjacent to an activating group) is 1. The molecular formula is C23H24N2O5. The number of rotatable bonds is 8. The van der Waals surface area contributed by atoms with Gasteiger partial charge >= 0.3 is 0 Å². The summed E-state index contributed by atoms with van der Waals surface area (Å²) in [6.45, 7) is 1.00. The molecule has 2 N–H and O–H groups in total. The highest BCUT2D eigenvalue weighted by atomic mass is 16.6. The summed E-state index contributed by atoms with van der Waals surface area (Å²) >= 11 is 0. The molecule has 0 saturated carbocycles. The van der Waals surface area contributed by atoms with Crippen molar-refractivity contribution in [3.63, 3.8) is 0 Å². The predicted molar refractivity (Wildman–Crippen MR) is 116 cm³/mol. The SMILES string of the molecule is CN(C)CCOc1ccc(-c2c(-c3ccc(O)cc3)cc(CO)cc2[N+](=O)[O-])cc1. The van der Waals surface area contributed by atoms with Crippen molar-refractivity contribution in [1.29, 1.82) is 0 Å². The molecule has 0 aromatic heterocycles. The summed E-state index contributed by atoms with van der Waals surface area (Å²) in [4.78, 5) is 13.4. The molecule has 3 aromatic carbocycles. The molecule has 0 amide bonds. The van der Waals surface area contributed by atoms with Crippen molar-refractivity contribution in [3.8, 4) is 33.8 Å². The molecule has 0 saturated heterocycles. The van der Waals surface area contributed by atoms with Gasteiger partial charge in [0.05, 0.1) is 17.1 Å². The van der Waals surface area contributed by atoms with Crippen molar-refractivity contribution < 1.29 is 19.9 Å². The number of aliphatic hydroxyl groups is 1. The summed E-state index contributed by atoms with van der Waals surface area (Å²) in [5.41, 5.74) is 2.77. The summed E-state index contributed by atoms with van der Waals surface area (Å²) in [6, 6.07) is 16.7. The van der Waals surface area contributed by atoms with E-state index in [9.17, 15) is 20.3 Å². The van der Waals surface area contributed by atoms with Gasteiger partial charge in [-0.2, -0.15) is 0 Å². The maximum Gasteiger partial charge on any atom is 0.278 e. The molecule has 0 fully saturated rings. The van der Waals surface area contributed by atoms with Gasteiger partial charge in [-0.1, -0.05) is 24.3 Å². The van der Waals surface area contributed by atoms with E-state index in [4.69, 9.17) is 4.74 Å². The molecule has 0 radical (unpaired) electrons. The number of nitro benzene ring substituents is 1. The number of phenols is 1. The second kappa shape index (κ2) is 9.39. The maximum atomic E-state index is 11.8. The quantitative estimate of drug-likeness (QED) is 0.431. The Balaban J connectivity index is 2.08. The highest BCUT2D eigenvalue weighted by Crippen LogP contribution is 2.41. The molecule has 156 valence electrons. The van der Waals surface area contributed by atoms with Gasteiger partial charge in [-0.25, -0.2) is 0 Å². The van der Waals surface area contributed by atoms with Crippen LogP contribution >= 0.6 is 0 Å². The van der Waals surface area contributed by atoms with E-state index in [-0.39, 0.29) is 18.0 Å². The van der Waals surface area contributed by atoms with Gasteiger partial charge in [0.1, 0.15) is 18.1 Å². The number of benzene rings is 3. The topological polar surface area (TPSA) is 96.1 Å². The smallest absolute Gasteiger partial charge is 0.278 e. The summed E-state index contributed by atoms with van der Waals surface area (Å²) in [5, 5.41) is 31.0. The third kappa shape index (κ3) is 4.94. The zero-order valence-electron chi connectivity index (χ0n) is 16.9. The third-order valence-electron chi connectivity index (χ3n) is 4.69. The van der Waals surface area contributed by atoms with E-state index in [0.717, 1.165) is 6.54 Å². The first-order valence-corrected chi connectivity index (χ1v) is 9.48. The highest BCUT2D eigenvalue weighted by molar-refractivity contribution is 5.90. The highest BCUT2D eigenvalue weighted by Gasteiger charge is 2.22. The minimum atomic E-state index is -0.445. The number of ether oxygens (including phenoxy) is 1. The zero-order valence-corrected chi connectivity index (χ0v) is 16.9. The van der Waals surface area contributed by atoms with Crippen LogP contribution in [0.2, 0.25) is 0 Å². The number of hydrogen-bond donors (Lipinski definition) is 2. The Morgan fingerprint density at radius 2 is 1.63 bits per heavy atom. The Labute approximate surface area is 174 Å². The summed E-state index contributed by atoms with van der Waals surface area (Å²) in [5.74, 6) is 0.786. The predicted octanol–water partition coefficient (Wildman–Crippen LogP) is 4.07. The van der Waals surface area contributed by atoms with Crippen LogP contribution in [0.4, 0.5) is 5.69 Å². The van der Waals surface area contributed by atoms with E-state index in [1.807, 2.05) is 19.0 Å². The Bertz CT molecular complexity index is 1020. The summed E-state index contributed by atoms with van der Waals surface area (Å²) < 4.78 is 5.71. The van der Waals surface area contributed by atoms with E-state index in [2.05, 4.69) is 0 Å². The Hall–Kier alpha value is -3.42. The van der Waals surface area contributed by atoms with Crippen molar-refractivity contribution in [3.05, 3.63) is 76.3 Å². The molecule has 0 atom stereocenters. The number of aromatic hydroxyl groups is 1. The fraction of sp³-hybridized carbons (Fsp3) is 0.217. The van der Waals surface area contributed by atoms with Crippen LogP contribution < -0.4 is 4.74 Å². The zero-order chi connectivity index (χ0) is 21.7. The maximum absolute atomic E-state index is 11.8. The molecule has 0 unspecified atom stereocenters. The van der Waals surface area contributed by atoms with Gasteiger partial charge in [-0.05, 0) is 66.7 Å². The van der Waals surface area contributed by atoms with E-state index >= 15 is 0 Å². The first kappa shape index (κ1) is 21.3. The molecular weight excluding hydrogens is 384 g/mol. The molecule has 0 aliphatic rings. The Morgan fingerprint density at radius 3 is 2.20 bits per heavy atom. The molecule has 3 rings (SSSR count). The van der Waals surface area contributed by atoms with E-state index in [0.29, 0.717) is 40.2 Å². The van der Waals surface area contributed by atoms with Gasteiger partial charge in [-0.15, -0.1) is 0 Å². The van der Waals surface area contributed by atoms with Crippen LogP contribution in [-0.4, -0.2) is 47.3 Å². The average Bonchev–Trinajstić information content (AvgIpc) is 2.73. The third-order valence-corrected chi connectivity index (χ3v) is 4.69. The molecule has 30 heavy (non-hydrogen) atoms. The average molecular weight is 408 g/mol. The standard InChI is InChI=1S/C23H24N2O5/c1-24(2)11-12-30-20-9-5-18(6-10-20)23-21(17-3-7-19(27)8-4-17)13-16(15-26)14-22(23)25(28)29/h3-10,13-14,26-27H,11-12,15H2,1-2H3. The van der Waals surface area contributed by atoms with Gasteiger partial charge in [0.25, 0.3) is 5.69 Å². The lowest BCUT2D eigenvalue weighted by atomic mass is 9.91. The van der Waals surface area contributed by atoms with Crippen molar-refractivity contribution in [1.82, 2.24) is 4.90 Å². The van der Waals surface area contributed by atoms with Crippen LogP contribution in [0, 0.1) is 10.1 Å². The van der Waals surface area contributed by atoms with Gasteiger partial charge < -0.3 is 19.8 Å². The normalized spacial score (nSPS) is 10.9. The minimum absolute atomic E-state index is 0.0918. The lowest BCUT2D eigenvalue weighted by molar-refractivity contribution is -0.384. The lowest BCUT2D eigenvalue weighted by Gasteiger charge is -2.14. The van der Waals surface area contributed by atoms with Gasteiger partial charge in [0.15, 0.2) is 0 Å². The molecule has 7 nitrogen and oxygen atoms in total. The molecule has 0 aliphatic heterocycles. The van der Waals surface area contributed by atoms with Crippen molar-refractivity contribution in [2.24, 2.45) is 0 Å². The van der Waals surface area contributed by atoms with Crippen LogP contribution in [0.5, 0.6) is 11.5 Å². The van der Waals surface area contributed by atoms with Gasteiger partial charge in [0, 0.05) is 12.6 Å². The van der Waals surface area contributed by atoms with Crippen molar-refractivity contribution in [2.75, 3.05) is 27.2 Å². The molecule has 0 bridgehead atoms. The van der Waals surface area contributed by atoms with E-state index in [1.54, 1.807) is 42.5 Å². The van der Waals surface area contributed by atoms with Crippen molar-refractivity contribution >= 4 is 5.69 Å². The fourth-order valence-corrected chi connectivity index (χ4v) is 3.16. The number of aliphatic hydroxyl groups excluding tert-OH is 1. The molecule has 0 aliphatic carbocycles. The Morgan fingerprint density at radius 1 is 1.00 bits per heavy atom. The lowest BCUT2D eigenvalue weighted by Crippen LogP contribution is -2.19. The van der Waals surface area contributed by atoms with E-state index < -0.39 is 4.92 Å². The number of phenolic OH excluding ortho intramolecular Hbond substituents is 1. The molecule has 0 heterocycles. The van der Waals surface area contributed by atoms with Crippen LogP contribution in [0.25, 0.3) is 22.3 Å². The second-order valence-corrected chi connectivity index (χ2v) is 7.18. The summed E-state index contributed by atoms with van der Waals surface area (Å²) in [6.07, 6.45) is 0. The van der Waals surface area contributed by atoms with Gasteiger partial charge in [-0.3, -0.25) is 10.1 Å². The van der Waals surface area contributed by atoms with Crippen LogP contribution in [0.1, 0.15) is 5.56 Å². The number of hydrogen-bond acceptors (Lipinski definition) is 6. The first-order chi connectivity index (χ1) is 14.4. The van der Waals surface area contributed by atoms with Crippen LogP contribution in [0.15, 0.2) is 60.7 Å². The van der Waals surface area contributed by atoms with E-state index in [1.165, 1.54) is 18.2 Å². The summed E-state index contributed by atoms with van der Waals surface area (Å²) in [7, 11) is 3.93. The second-order valence-electron chi connectivity index (χ2n) is 7.18. The number of nitro groups is 1. The van der Waals surface area contributed by atoms with Crippen LogP contribution in [0.3, 0.4) is 0 Å². The Kier molecular flexibility index (Phi) is 6.66. The monoisotopic (exact) mass is 408 g/mol. The molecule has 0 spiro atoms. The largest absolute Gasteiger partial charge is 0.508 e. The minimum Gasteiger partial charge on any atom is -0.508 e.